The van der Waals surface area contributed by atoms with E-state index in [0.717, 1.165) is 0 Å². The van der Waals surface area contributed by atoms with Crippen LogP contribution in [0.4, 0.5) is 0 Å². The molecule has 0 spiro atoms. The van der Waals surface area contributed by atoms with Crippen molar-refractivity contribution < 1.29 is 9.53 Å². The molecule has 2 aromatic rings. The lowest BCUT2D eigenvalue weighted by molar-refractivity contribution is -0.143. The number of carbonyl (C=O) groups is 1. The molecule has 1 saturated heterocycles. The molecule has 3 rings (SSSR count). The second kappa shape index (κ2) is 6.60. The van der Waals surface area contributed by atoms with E-state index in [1.165, 1.54) is 4.57 Å². The molecule has 24 heavy (non-hydrogen) atoms. The number of amides is 1. The number of carbonyl (C=O) groups excluding carboxylic acids is 1. The number of nitrogens with zero attached hydrogens (tertiary/aromatic N) is 2. The number of para-hydroxylation sites is 1. The van der Waals surface area contributed by atoms with Gasteiger partial charge in [0.25, 0.3) is 5.56 Å². The zero-order valence-electron chi connectivity index (χ0n) is 13.8. The van der Waals surface area contributed by atoms with Crippen molar-refractivity contribution in [3.63, 3.8) is 0 Å². The Labute approximate surface area is 138 Å². The molecular weight excluding hydrogens is 310 g/mol. The average Bonchev–Trinajstić information content (AvgIpc) is 2.53. The highest BCUT2D eigenvalue weighted by atomic mass is 16.5. The van der Waals surface area contributed by atoms with Crippen LogP contribution in [0.3, 0.4) is 0 Å². The van der Waals surface area contributed by atoms with Crippen LogP contribution in [0.2, 0.25) is 0 Å². The molecule has 1 aliphatic heterocycles. The van der Waals surface area contributed by atoms with Gasteiger partial charge in [-0.1, -0.05) is 12.1 Å². The molecule has 1 aliphatic rings. The molecule has 1 N–H and O–H groups in total. The molecule has 1 amide bonds. The van der Waals surface area contributed by atoms with E-state index in [1.54, 1.807) is 29.2 Å². The largest absolute Gasteiger partial charge is 0.372 e. The number of aromatic amines is 1. The Kier molecular flexibility index (Phi) is 4.53. The number of benzene rings is 1. The van der Waals surface area contributed by atoms with Crippen molar-refractivity contribution in [1.82, 2.24) is 14.5 Å². The molecule has 0 saturated carbocycles. The number of morpholine rings is 1. The van der Waals surface area contributed by atoms with Gasteiger partial charge in [-0.25, -0.2) is 4.79 Å². The van der Waals surface area contributed by atoms with Crippen molar-refractivity contribution in [2.75, 3.05) is 13.1 Å². The SMILES string of the molecule is CC1CN(C(=O)CCn2c(=O)[nH]c(=O)c3ccccc32)CC(C)O1. The minimum atomic E-state index is -0.491. The normalized spacial score (nSPS) is 21.2. The van der Waals surface area contributed by atoms with Crippen LogP contribution < -0.4 is 11.2 Å². The molecule has 1 aromatic carbocycles. The van der Waals surface area contributed by atoms with Gasteiger partial charge in [0.1, 0.15) is 0 Å². The minimum absolute atomic E-state index is 0.00864. The molecule has 0 aliphatic carbocycles. The van der Waals surface area contributed by atoms with Crippen molar-refractivity contribution in [3.05, 3.63) is 45.1 Å². The molecule has 1 fully saturated rings. The monoisotopic (exact) mass is 331 g/mol. The number of aryl methyl sites for hydroxylation is 1. The molecule has 0 bridgehead atoms. The summed E-state index contributed by atoms with van der Waals surface area (Å²) >= 11 is 0. The van der Waals surface area contributed by atoms with Crippen LogP contribution in [0.1, 0.15) is 20.3 Å². The molecule has 128 valence electrons. The maximum absolute atomic E-state index is 12.5. The Bertz CT molecular complexity index is 860. The fraction of sp³-hybridized carbons (Fsp3) is 0.471. The van der Waals surface area contributed by atoms with Gasteiger partial charge in [0.05, 0.1) is 23.1 Å². The average molecular weight is 331 g/mol. The third-order valence-corrected chi connectivity index (χ3v) is 4.23. The first-order valence-electron chi connectivity index (χ1n) is 8.11. The zero-order chi connectivity index (χ0) is 17.3. The van der Waals surface area contributed by atoms with E-state index >= 15 is 0 Å². The molecule has 0 radical (unpaired) electrons. The van der Waals surface area contributed by atoms with E-state index in [2.05, 4.69) is 4.98 Å². The molecule has 2 heterocycles. The molecule has 2 atom stereocenters. The lowest BCUT2D eigenvalue weighted by Gasteiger charge is -2.35. The highest BCUT2D eigenvalue weighted by Crippen LogP contribution is 2.13. The third kappa shape index (κ3) is 3.26. The summed E-state index contributed by atoms with van der Waals surface area (Å²) in [6, 6.07) is 6.89. The second-order valence-corrected chi connectivity index (χ2v) is 6.23. The van der Waals surface area contributed by atoms with Crippen molar-refractivity contribution in [2.24, 2.45) is 0 Å². The number of ether oxygens (including phenoxy) is 1. The Morgan fingerprint density at radius 1 is 1.21 bits per heavy atom. The predicted molar refractivity (Wildman–Crippen MR) is 90.0 cm³/mol. The van der Waals surface area contributed by atoms with Gasteiger partial charge in [-0.3, -0.25) is 19.1 Å². The number of aromatic nitrogens is 2. The van der Waals surface area contributed by atoms with E-state index in [0.29, 0.717) is 24.0 Å². The first-order chi connectivity index (χ1) is 11.5. The highest BCUT2D eigenvalue weighted by Gasteiger charge is 2.25. The summed E-state index contributed by atoms with van der Waals surface area (Å²) in [5.74, 6) is -0.0146. The van der Waals surface area contributed by atoms with Gasteiger partial charge >= 0.3 is 5.69 Å². The lowest BCUT2D eigenvalue weighted by atomic mass is 10.2. The number of hydrogen-bond acceptors (Lipinski definition) is 4. The minimum Gasteiger partial charge on any atom is -0.372 e. The van der Waals surface area contributed by atoms with Crippen LogP contribution in [0.15, 0.2) is 33.9 Å². The van der Waals surface area contributed by atoms with Crippen LogP contribution in [0.25, 0.3) is 10.9 Å². The van der Waals surface area contributed by atoms with Crippen molar-refractivity contribution in [3.8, 4) is 0 Å². The molecular formula is C17H21N3O4. The summed E-state index contributed by atoms with van der Waals surface area (Å²) in [5.41, 5.74) is -0.355. The fourth-order valence-corrected chi connectivity index (χ4v) is 3.21. The van der Waals surface area contributed by atoms with E-state index in [9.17, 15) is 14.4 Å². The van der Waals surface area contributed by atoms with Gasteiger partial charge in [-0.15, -0.1) is 0 Å². The number of hydrogen-bond donors (Lipinski definition) is 1. The highest BCUT2D eigenvalue weighted by molar-refractivity contribution is 5.79. The topological polar surface area (TPSA) is 84.4 Å². The molecule has 7 nitrogen and oxygen atoms in total. The van der Waals surface area contributed by atoms with E-state index < -0.39 is 11.2 Å². The van der Waals surface area contributed by atoms with Gasteiger partial charge in [0, 0.05) is 26.1 Å². The van der Waals surface area contributed by atoms with Crippen LogP contribution in [-0.2, 0) is 16.1 Å². The standard InChI is InChI=1S/C17H21N3O4/c1-11-9-19(10-12(2)24-11)15(21)7-8-20-14-6-4-3-5-13(14)16(22)18-17(20)23/h3-6,11-12H,7-10H2,1-2H3,(H,18,22,23). The summed E-state index contributed by atoms with van der Waals surface area (Å²) in [4.78, 5) is 40.5. The van der Waals surface area contributed by atoms with Crippen LogP contribution in [0, 0.1) is 0 Å². The van der Waals surface area contributed by atoms with Crippen LogP contribution in [0.5, 0.6) is 0 Å². The summed E-state index contributed by atoms with van der Waals surface area (Å²) in [7, 11) is 0. The van der Waals surface area contributed by atoms with Crippen molar-refractivity contribution in [2.45, 2.75) is 39.0 Å². The smallest absolute Gasteiger partial charge is 0.328 e. The van der Waals surface area contributed by atoms with Gasteiger partial charge in [-0.05, 0) is 26.0 Å². The first kappa shape index (κ1) is 16.4. The van der Waals surface area contributed by atoms with Crippen molar-refractivity contribution >= 4 is 16.8 Å². The summed E-state index contributed by atoms with van der Waals surface area (Å²) < 4.78 is 7.08. The van der Waals surface area contributed by atoms with E-state index in [1.807, 2.05) is 13.8 Å². The third-order valence-electron chi connectivity index (χ3n) is 4.23. The summed E-state index contributed by atoms with van der Waals surface area (Å²) in [5, 5.41) is 0.443. The Hall–Kier alpha value is -2.41. The molecule has 1 aromatic heterocycles. The van der Waals surface area contributed by atoms with Crippen LogP contribution >= 0.6 is 0 Å². The number of fused-ring (bicyclic) bond motifs is 1. The van der Waals surface area contributed by atoms with E-state index in [-0.39, 0.29) is 31.1 Å². The zero-order valence-corrected chi connectivity index (χ0v) is 13.8. The first-order valence-corrected chi connectivity index (χ1v) is 8.11. The maximum atomic E-state index is 12.5. The van der Waals surface area contributed by atoms with E-state index in [4.69, 9.17) is 4.74 Å². The van der Waals surface area contributed by atoms with Gasteiger partial charge < -0.3 is 9.64 Å². The summed E-state index contributed by atoms with van der Waals surface area (Å²) in [6.07, 6.45) is 0.221. The fourth-order valence-electron chi connectivity index (χ4n) is 3.21. The Balaban J connectivity index is 1.80. The Morgan fingerprint density at radius 3 is 2.58 bits per heavy atom. The predicted octanol–water partition coefficient (Wildman–Crippen LogP) is 0.716. The quantitative estimate of drug-likeness (QED) is 0.898. The van der Waals surface area contributed by atoms with Gasteiger partial charge in [-0.2, -0.15) is 0 Å². The second-order valence-electron chi connectivity index (χ2n) is 6.23. The number of rotatable bonds is 3. The van der Waals surface area contributed by atoms with Gasteiger partial charge in [0.15, 0.2) is 0 Å². The molecule has 7 heteroatoms. The van der Waals surface area contributed by atoms with Crippen LogP contribution in [-0.4, -0.2) is 45.7 Å². The maximum Gasteiger partial charge on any atom is 0.328 e. The lowest BCUT2D eigenvalue weighted by Crippen LogP contribution is -2.48. The van der Waals surface area contributed by atoms with Crippen molar-refractivity contribution in [1.29, 1.82) is 0 Å². The molecule has 2 unspecified atom stereocenters. The summed E-state index contributed by atoms with van der Waals surface area (Å²) in [6.45, 7) is 5.23. The Morgan fingerprint density at radius 2 is 1.88 bits per heavy atom. The van der Waals surface area contributed by atoms with Gasteiger partial charge in [0.2, 0.25) is 5.91 Å². The number of nitrogens with one attached hydrogen (secondary N) is 1. The number of H-pyrrole nitrogens is 1.